The maximum absolute atomic E-state index is 11.1. The van der Waals surface area contributed by atoms with Gasteiger partial charge in [0.05, 0.1) is 5.57 Å². The Balaban J connectivity index is 3.85. The van der Waals surface area contributed by atoms with E-state index in [4.69, 9.17) is 5.11 Å². The summed E-state index contributed by atoms with van der Waals surface area (Å²) in [5.74, 6) is -1.32. The van der Waals surface area contributed by atoms with Gasteiger partial charge in [0.15, 0.2) is 5.78 Å². The highest BCUT2D eigenvalue weighted by Crippen LogP contribution is 2.15. The first-order chi connectivity index (χ1) is 8.99. The Kier molecular flexibility index (Phi) is 10.1. The molecule has 0 radical (unpaired) electrons. The summed E-state index contributed by atoms with van der Waals surface area (Å²) in [5, 5.41) is 8.90. The minimum Gasteiger partial charge on any atom is -0.478 e. The summed E-state index contributed by atoms with van der Waals surface area (Å²) in [7, 11) is 0. The SMILES string of the molecule is CCCCCCCCCC(C)C=C(C(C)=O)C(=O)O. The molecule has 1 atom stereocenters. The van der Waals surface area contributed by atoms with Crippen LogP contribution in [0, 0.1) is 5.92 Å². The fourth-order valence-corrected chi connectivity index (χ4v) is 2.13. The fraction of sp³-hybridized carbons (Fsp3) is 0.750. The Morgan fingerprint density at radius 1 is 1.05 bits per heavy atom. The summed E-state index contributed by atoms with van der Waals surface area (Å²) in [5.41, 5.74) is -0.0737. The highest BCUT2D eigenvalue weighted by molar-refractivity contribution is 6.15. The molecule has 0 aliphatic rings. The van der Waals surface area contributed by atoms with Crippen molar-refractivity contribution in [3.05, 3.63) is 11.6 Å². The number of carbonyl (C=O) groups is 2. The van der Waals surface area contributed by atoms with Crippen LogP contribution in [0.5, 0.6) is 0 Å². The van der Waals surface area contributed by atoms with Crippen LogP contribution in [0.25, 0.3) is 0 Å². The van der Waals surface area contributed by atoms with E-state index >= 15 is 0 Å². The number of hydrogen-bond donors (Lipinski definition) is 1. The maximum Gasteiger partial charge on any atom is 0.338 e. The molecule has 0 spiro atoms. The number of aliphatic carboxylic acids is 1. The number of Topliss-reactive ketones (excluding diaryl/α,β-unsaturated/α-hetero) is 1. The van der Waals surface area contributed by atoms with Crippen molar-refractivity contribution in [1.82, 2.24) is 0 Å². The molecule has 3 nitrogen and oxygen atoms in total. The van der Waals surface area contributed by atoms with Gasteiger partial charge >= 0.3 is 5.97 Å². The normalized spacial score (nSPS) is 13.3. The van der Waals surface area contributed by atoms with E-state index in [9.17, 15) is 9.59 Å². The average molecular weight is 268 g/mol. The molecule has 0 aliphatic heterocycles. The molecule has 0 rings (SSSR count). The molecule has 0 heterocycles. The van der Waals surface area contributed by atoms with Crippen molar-refractivity contribution in [1.29, 1.82) is 0 Å². The van der Waals surface area contributed by atoms with Gasteiger partial charge in [0.25, 0.3) is 0 Å². The first-order valence-electron chi connectivity index (χ1n) is 7.45. The minimum atomic E-state index is -1.11. The third-order valence-electron chi connectivity index (χ3n) is 3.32. The maximum atomic E-state index is 11.1. The van der Waals surface area contributed by atoms with Crippen molar-refractivity contribution in [3.63, 3.8) is 0 Å². The average Bonchev–Trinajstić information content (AvgIpc) is 2.34. The number of carboxylic acid groups (broad SMARTS) is 1. The molecule has 0 bridgehead atoms. The minimum absolute atomic E-state index is 0.0737. The summed E-state index contributed by atoms with van der Waals surface area (Å²) < 4.78 is 0. The largest absolute Gasteiger partial charge is 0.478 e. The van der Waals surface area contributed by atoms with E-state index in [0.717, 1.165) is 12.8 Å². The van der Waals surface area contributed by atoms with Gasteiger partial charge in [-0.3, -0.25) is 4.79 Å². The predicted octanol–water partition coefficient (Wildman–Crippen LogP) is 4.36. The standard InChI is InChI=1S/C16H28O3/c1-4-5-6-7-8-9-10-11-13(2)12-15(14(3)17)16(18)19/h12-13H,4-11H2,1-3H3,(H,18,19). The third-order valence-corrected chi connectivity index (χ3v) is 3.32. The van der Waals surface area contributed by atoms with Crippen molar-refractivity contribution in [3.8, 4) is 0 Å². The van der Waals surface area contributed by atoms with Crippen molar-refractivity contribution in [2.75, 3.05) is 0 Å². The second-order valence-corrected chi connectivity index (χ2v) is 5.33. The lowest BCUT2D eigenvalue weighted by molar-refractivity contribution is -0.134. The topological polar surface area (TPSA) is 54.4 Å². The Bertz CT molecular complexity index is 289. The number of hydrogen-bond acceptors (Lipinski definition) is 2. The molecule has 0 aliphatic carbocycles. The highest BCUT2D eigenvalue weighted by Gasteiger charge is 2.13. The Hall–Kier alpha value is -1.12. The lowest BCUT2D eigenvalue weighted by Gasteiger charge is -2.07. The number of carbonyl (C=O) groups excluding carboxylic acids is 1. The van der Waals surface area contributed by atoms with E-state index in [1.807, 2.05) is 6.92 Å². The van der Waals surface area contributed by atoms with Crippen LogP contribution in [0.4, 0.5) is 0 Å². The zero-order valence-electron chi connectivity index (χ0n) is 12.6. The molecule has 0 saturated heterocycles. The number of carboxylic acids is 1. The smallest absolute Gasteiger partial charge is 0.338 e. The summed E-state index contributed by atoms with van der Waals surface area (Å²) >= 11 is 0. The van der Waals surface area contributed by atoms with E-state index in [1.54, 1.807) is 6.08 Å². The van der Waals surface area contributed by atoms with Gasteiger partial charge in [0, 0.05) is 0 Å². The predicted molar refractivity (Wildman–Crippen MR) is 78.2 cm³/mol. The van der Waals surface area contributed by atoms with Gasteiger partial charge in [0.2, 0.25) is 0 Å². The van der Waals surface area contributed by atoms with Crippen molar-refractivity contribution in [2.45, 2.75) is 72.1 Å². The van der Waals surface area contributed by atoms with E-state index in [2.05, 4.69) is 6.92 Å². The number of unbranched alkanes of at least 4 members (excludes halogenated alkanes) is 6. The molecule has 0 aromatic carbocycles. The molecule has 1 N–H and O–H groups in total. The van der Waals surface area contributed by atoms with Crippen molar-refractivity contribution >= 4 is 11.8 Å². The Labute approximate surface area is 117 Å². The second kappa shape index (κ2) is 10.8. The number of rotatable bonds is 11. The Morgan fingerprint density at radius 2 is 1.58 bits per heavy atom. The lowest BCUT2D eigenvalue weighted by Crippen LogP contribution is -2.10. The molecule has 0 aromatic heterocycles. The molecule has 0 aromatic rings. The Morgan fingerprint density at radius 3 is 2.05 bits per heavy atom. The van der Waals surface area contributed by atoms with Crippen LogP contribution < -0.4 is 0 Å². The van der Waals surface area contributed by atoms with Gasteiger partial charge < -0.3 is 5.11 Å². The van der Waals surface area contributed by atoms with E-state index in [0.29, 0.717) is 0 Å². The lowest BCUT2D eigenvalue weighted by atomic mass is 9.98. The molecule has 110 valence electrons. The van der Waals surface area contributed by atoms with Crippen LogP contribution in [0.15, 0.2) is 11.6 Å². The van der Waals surface area contributed by atoms with Crippen LogP contribution in [-0.4, -0.2) is 16.9 Å². The fourth-order valence-electron chi connectivity index (χ4n) is 2.13. The molecule has 3 heteroatoms. The molecule has 19 heavy (non-hydrogen) atoms. The van der Waals surface area contributed by atoms with Crippen molar-refractivity contribution < 1.29 is 14.7 Å². The van der Waals surface area contributed by atoms with E-state index in [-0.39, 0.29) is 17.3 Å². The molecular formula is C16H28O3. The van der Waals surface area contributed by atoms with Gasteiger partial charge in [-0.1, -0.05) is 64.9 Å². The monoisotopic (exact) mass is 268 g/mol. The van der Waals surface area contributed by atoms with Gasteiger partial charge in [-0.2, -0.15) is 0 Å². The van der Waals surface area contributed by atoms with Crippen LogP contribution in [0.3, 0.4) is 0 Å². The third kappa shape index (κ3) is 9.46. The number of ketones is 1. The summed E-state index contributed by atoms with van der Waals surface area (Å²) in [4.78, 5) is 22.0. The highest BCUT2D eigenvalue weighted by atomic mass is 16.4. The van der Waals surface area contributed by atoms with Gasteiger partial charge in [-0.25, -0.2) is 4.79 Å². The zero-order valence-corrected chi connectivity index (χ0v) is 12.6. The zero-order chi connectivity index (χ0) is 14.7. The number of allylic oxidation sites excluding steroid dienone is 1. The molecular weight excluding hydrogens is 240 g/mol. The molecule has 1 unspecified atom stereocenters. The summed E-state index contributed by atoms with van der Waals surface area (Å²) in [6.07, 6.45) is 11.3. The molecule has 0 fully saturated rings. The van der Waals surface area contributed by atoms with E-state index < -0.39 is 5.97 Å². The van der Waals surface area contributed by atoms with Crippen LogP contribution in [-0.2, 0) is 9.59 Å². The first-order valence-corrected chi connectivity index (χ1v) is 7.45. The van der Waals surface area contributed by atoms with Crippen LogP contribution in [0.1, 0.15) is 72.1 Å². The van der Waals surface area contributed by atoms with Crippen LogP contribution in [0.2, 0.25) is 0 Å². The van der Waals surface area contributed by atoms with Crippen LogP contribution >= 0.6 is 0 Å². The second-order valence-electron chi connectivity index (χ2n) is 5.33. The van der Waals surface area contributed by atoms with Gasteiger partial charge in [-0.05, 0) is 19.3 Å². The quantitative estimate of drug-likeness (QED) is 0.262. The van der Waals surface area contributed by atoms with Gasteiger partial charge in [-0.15, -0.1) is 0 Å². The van der Waals surface area contributed by atoms with Crippen molar-refractivity contribution in [2.24, 2.45) is 5.92 Å². The first kappa shape index (κ1) is 17.9. The van der Waals surface area contributed by atoms with E-state index in [1.165, 1.54) is 45.4 Å². The van der Waals surface area contributed by atoms with Gasteiger partial charge in [0.1, 0.15) is 0 Å². The summed E-state index contributed by atoms with van der Waals surface area (Å²) in [6, 6.07) is 0. The molecule has 0 saturated carbocycles. The molecule has 0 amide bonds. The summed E-state index contributed by atoms with van der Waals surface area (Å²) in [6.45, 7) is 5.49.